The van der Waals surface area contributed by atoms with E-state index in [9.17, 15) is 0 Å². The first-order chi connectivity index (χ1) is 21.8. The first-order valence-corrected chi connectivity index (χ1v) is 18.4. The van der Waals surface area contributed by atoms with Crippen LogP contribution in [-0.4, -0.2) is 67.7 Å². The van der Waals surface area contributed by atoms with Gasteiger partial charge in [-0.25, -0.2) is 9.67 Å². The number of halogens is 1. The summed E-state index contributed by atoms with van der Waals surface area (Å²) in [6.45, 7) is 19.9. The van der Waals surface area contributed by atoms with Crippen LogP contribution in [0, 0.1) is 0 Å². The average molecular weight is 655 g/mol. The lowest BCUT2D eigenvalue weighted by atomic mass is 9.69. The van der Waals surface area contributed by atoms with Crippen LogP contribution in [0.15, 0.2) is 41.4 Å². The van der Waals surface area contributed by atoms with E-state index in [2.05, 4.69) is 85.8 Å². The fourth-order valence-corrected chi connectivity index (χ4v) is 6.20. The van der Waals surface area contributed by atoms with Crippen LogP contribution in [0.5, 0.6) is 0 Å². The van der Waals surface area contributed by atoms with Crippen molar-refractivity contribution in [3.63, 3.8) is 0 Å². The summed E-state index contributed by atoms with van der Waals surface area (Å²) in [5.74, 6) is 0.761. The van der Waals surface area contributed by atoms with E-state index in [0.717, 1.165) is 80.2 Å². The second-order valence-electron chi connectivity index (χ2n) is 11.7. The zero-order valence-corrected chi connectivity index (χ0v) is 30.4. The first kappa shape index (κ1) is 39.0. The number of likely N-dealkylation sites (tertiary alicyclic amines) is 1. The van der Waals surface area contributed by atoms with Gasteiger partial charge in [0.15, 0.2) is 5.82 Å². The molecule has 0 saturated carbocycles. The highest BCUT2D eigenvalue weighted by Crippen LogP contribution is 2.39. The zero-order valence-electron chi connectivity index (χ0n) is 28.8. The molecule has 7 nitrogen and oxygen atoms in total. The van der Waals surface area contributed by atoms with Gasteiger partial charge in [-0.15, -0.1) is 0 Å². The van der Waals surface area contributed by atoms with Gasteiger partial charge in [0.05, 0.1) is 17.4 Å². The highest BCUT2D eigenvalue weighted by Gasteiger charge is 2.29. The third-order valence-electron chi connectivity index (χ3n) is 8.02. The molecule has 1 aromatic heterocycles. The van der Waals surface area contributed by atoms with E-state index >= 15 is 0 Å². The van der Waals surface area contributed by atoms with Gasteiger partial charge < -0.3 is 20.3 Å². The number of aromatic nitrogens is 2. The van der Waals surface area contributed by atoms with Crippen LogP contribution in [0.2, 0.25) is 17.7 Å². The molecule has 249 valence electrons. The summed E-state index contributed by atoms with van der Waals surface area (Å²) < 4.78 is 5.25. The van der Waals surface area contributed by atoms with Gasteiger partial charge in [-0.2, -0.15) is 5.10 Å². The van der Waals surface area contributed by atoms with Gasteiger partial charge in [-0.1, -0.05) is 88.4 Å². The summed E-state index contributed by atoms with van der Waals surface area (Å²) in [6.07, 6.45) is 16.1. The van der Waals surface area contributed by atoms with Gasteiger partial charge in [0.1, 0.15) is 7.28 Å². The topological polar surface area (TPSA) is 69.5 Å². The van der Waals surface area contributed by atoms with Crippen LogP contribution in [-0.2, 0) is 0 Å². The Morgan fingerprint density at radius 2 is 2.02 bits per heavy atom. The number of piperidine rings is 1. The Morgan fingerprint density at radius 3 is 2.69 bits per heavy atom. The molecule has 2 aromatic rings. The van der Waals surface area contributed by atoms with E-state index < -0.39 is 0 Å². The van der Waals surface area contributed by atoms with E-state index in [0.29, 0.717) is 11.1 Å². The summed E-state index contributed by atoms with van der Waals surface area (Å²) >= 11 is 7.94. The minimum absolute atomic E-state index is 0.117. The van der Waals surface area contributed by atoms with Gasteiger partial charge in [0.2, 0.25) is 0 Å². The molecule has 10 heteroatoms. The first-order valence-electron chi connectivity index (χ1n) is 16.8. The number of allylic oxidation sites excluding steroid dienone is 1. The quantitative estimate of drug-likeness (QED) is 0.0607. The van der Waals surface area contributed by atoms with Crippen molar-refractivity contribution in [3.05, 3.63) is 52.7 Å². The number of nitrogens with one attached hydrogen (secondary N) is 3. The molecule has 1 aromatic carbocycles. The number of rotatable bonds is 19. The molecule has 3 N–H and O–H groups in total. The molecule has 0 bridgehead atoms. The smallest absolute Gasteiger partial charge is 0.154 e. The van der Waals surface area contributed by atoms with Crippen molar-refractivity contribution in [1.82, 2.24) is 25.3 Å². The maximum Gasteiger partial charge on any atom is 0.154 e. The minimum Gasteiger partial charge on any atom is -0.363 e. The third kappa shape index (κ3) is 13.2. The van der Waals surface area contributed by atoms with Crippen molar-refractivity contribution in [2.45, 2.75) is 104 Å². The summed E-state index contributed by atoms with van der Waals surface area (Å²) in [5.41, 5.74) is 5.24. The second kappa shape index (κ2) is 22.4. The van der Waals surface area contributed by atoms with Gasteiger partial charge in [-0.3, -0.25) is 0 Å². The zero-order chi connectivity index (χ0) is 33.0. The molecule has 0 amide bonds. The summed E-state index contributed by atoms with van der Waals surface area (Å²) in [7, 11) is 4.39. The van der Waals surface area contributed by atoms with Crippen LogP contribution < -0.4 is 15.4 Å². The number of anilines is 1. The van der Waals surface area contributed by atoms with Crippen molar-refractivity contribution in [2.24, 2.45) is 4.99 Å². The second-order valence-corrected chi connectivity index (χ2v) is 12.8. The predicted octanol–water partition coefficient (Wildman–Crippen LogP) is 9.33. The Morgan fingerprint density at radius 1 is 1.22 bits per heavy atom. The molecule has 1 aliphatic rings. The lowest BCUT2D eigenvalue weighted by Crippen LogP contribution is -2.37. The Hall–Kier alpha value is -2.20. The van der Waals surface area contributed by atoms with Crippen molar-refractivity contribution in [2.75, 3.05) is 37.7 Å². The van der Waals surface area contributed by atoms with Crippen LogP contribution >= 0.6 is 23.5 Å². The van der Waals surface area contributed by atoms with Crippen LogP contribution in [0.1, 0.15) is 96.4 Å². The highest BCUT2D eigenvalue weighted by atomic mass is 35.5. The number of aliphatic imine (C=N–C) groups is 1. The van der Waals surface area contributed by atoms with E-state index in [1.54, 1.807) is 11.9 Å². The number of likely N-dealkylation sites (N-methyl/N-ethyl adjacent to an activating group) is 2. The predicted molar refractivity (Wildman–Crippen MR) is 203 cm³/mol. The fraction of sp³-hybridized carbons (Fsp3) is 0.600. The van der Waals surface area contributed by atoms with E-state index in [-0.39, 0.29) is 6.04 Å². The number of unbranched alkanes of at least 4 members (excludes halogenated alkanes) is 1. The normalized spacial score (nSPS) is 15.7. The number of nitrogens with zero attached hydrogens (tertiary/aromatic N) is 4. The van der Waals surface area contributed by atoms with E-state index in [1.807, 2.05) is 36.2 Å². The molecule has 0 aliphatic carbocycles. The van der Waals surface area contributed by atoms with E-state index in [4.69, 9.17) is 16.7 Å². The van der Waals surface area contributed by atoms with Gasteiger partial charge in [0.25, 0.3) is 0 Å². The van der Waals surface area contributed by atoms with E-state index in [1.165, 1.54) is 37.5 Å². The average Bonchev–Trinajstić information content (AvgIpc) is 3.45. The van der Waals surface area contributed by atoms with Gasteiger partial charge >= 0.3 is 0 Å². The van der Waals surface area contributed by atoms with Crippen LogP contribution in [0.25, 0.3) is 11.9 Å². The molecule has 3 rings (SSSR count). The number of hydrogen-bond donors (Lipinski definition) is 3. The minimum atomic E-state index is 0.117. The highest BCUT2D eigenvalue weighted by molar-refractivity contribution is 7.99. The molecule has 2 atom stereocenters. The molecule has 1 saturated heterocycles. The number of benzene rings is 1. The Kier molecular flexibility index (Phi) is 19.4. The summed E-state index contributed by atoms with van der Waals surface area (Å²) in [4.78, 5) is 6.65. The molecule has 45 heavy (non-hydrogen) atoms. The van der Waals surface area contributed by atoms with Crippen molar-refractivity contribution < 1.29 is 0 Å². The Bertz CT molecular complexity index is 1170. The maximum absolute atomic E-state index is 6.38. The Labute approximate surface area is 284 Å². The van der Waals surface area contributed by atoms with Crippen LogP contribution in [0.3, 0.4) is 0 Å². The monoisotopic (exact) mass is 654 g/mol. The SMILES string of the molecule is C=Nc1cc(C2CCCCN2C(=C)c2cc(Cl)ccc2NSC)nn1/C=C(/C)CCC(CNC)NCC.CCC[B]CCCC. The van der Waals surface area contributed by atoms with Crippen molar-refractivity contribution in [3.8, 4) is 0 Å². The molecule has 1 fully saturated rings. The molecule has 2 heterocycles. The molecular formula is C35H58BClN7S. The van der Waals surface area contributed by atoms with Crippen LogP contribution in [0.4, 0.5) is 11.5 Å². The fourth-order valence-electron chi connectivity index (χ4n) is 5.63. The van der Waals surface area contributed by atoms with Crippen molar-refractivity contribution in [1.29, 1.82) is 0 Å². The number of hydrogen-bond acceptors (Lipinski definition) is 7. The molecule has 2 unspecified atom stereocenters. The van der Waals surface area contributed by atoms with Crippen molar-refractivity contribution >= 4 is 60.9 Å². The molecule has 1 radical (unpaired) electrons. The summed E-state index contributed by atoms with van der Waals surface area (Å²) in [6, 6.07) is 8.53. The molecule has 0 spiro atoms. The molecular weight excluding hydrogens is 597 g/mol. The van der Waals surface area contributed by atoms with Gasteiger partial charge in [-0.05, 0) is 77.5 Å². The largest absolute Gasteiger partial charge is 0.363 e. The summed E-state index contributed by atoms with van der Waals surface area (Å²) in [5, 5.41) is 12.5. The van der Waals surface area contributed by atoms with Gasteiger partial charge in [0, 0.05) is 53.9 Å². The standard InChI is InChI=1S/C28H42ClN7S.C7H16B/c1-7-32-23(18-30-4)13-11-20(2)19-36-28(31-5)17-26(33-36)27-10-8-9-15-35(27)21(3)24-16-22(29)12-14-25(24)34-37-6;1-3-5-7-8-6-4-2/h12,14,16-17,19,23,27,30,32,34H,3,5,7-11,13,15,18H2,1-2,4,6H3;3-7H2,1-2H3/b20-19-;. The lowest BCUT2D eigenvalue weighted by molar-refractivity contribution is 0.226. The molecule has 1 aliphatic heterocycles. The lowest BCUT2D eigenvalue weighted by Gasteiger charge is -2.38. The Balaban J connectivity index is 0.000000777. The maximum atomic E-state index is 6.38. The third-order valence-corrected chi connectivity index (χ3v) is 8.68.